The van der Waals surface area contributed by atoms with Crippen molar-refractivity contribution in [1.29, 1.82) is 0 Å². The van der Waals surface area contributed by atoms with E-state index in [4.69, 9.17) is 14.2 Å². The minimum Gasteiger partial charge on any atom is -0.496 e. The molecule has 0 spiro atoms. The first-order valence-electron chi connectivity index (χ1n) is 6.16. The van der Waals surface area contributed by atoms with E-state index in [-0.39, 0.29) is 6.29 Å². The molecule has 0 bridgehead atoms. The van der Waals surface area contributed by atoms with Gasteiger partial charge in [-0.15, -0.1) is 0 Å². The van der Waals surface area contributed by atoms with E-state index in [2.05, 4.69) is 19.1 Å². The fourth-order valence-corrected chi connectivity index (χ4v) is 1.72. The average molecular weight is 238 g/mol. The number of rotatable bonds is 7. The Balaban J connectivity index is 3.04. The molecule has 1 rings (SSSR count). The summed E-state index contributed by atoms with van der Waals surface area (Å²) in [5.41, 5.74) is 2.22. The molecule has 0 unspecified atom stereocenters. The molecule has 17 heavy (non-hydrogen) atoms. The molecule has 3 nitrogen and oxygen atoms in total. The van der Waals surface area contributed by atoms with E-state index in [0.717, 1.165) is 17.7 Å². The largest absolute Gasteiger partial charge is 0.496 e. The van der Waals surface area contributed by atoms with E-state index >= 15 is 0 Å². The van der Waals surface area contributed by atoms with Crippen LogP contribution in [-0.2, 0) is 15.9 Å². The number of hydrogen-bond donors (Lipinski definition) is 0. The molecule has 0 amide bonds. The Bertz CT molecular complexity index is 330. The number of benzene rings is 1. The van der Waals surface area contributed by atoms with E-state index in [1.807, 2.05) is 19.9 Å². The minimum atomic E-state index is -0.341. The first-order valence-corrected chi connectivity index (χ1v) is 6.16. The van der Waals surface area contributed by atoms with Crippen molar-refractivity contribution in [3.05, 3.63) is 29.3 Å². The van der Waals surface area contributed by atoms with Gasteiger partial charge in [0, 0.05) is 18.8 Å². The maximum atomic E-state index is 5.61. The van der Waals surface area contributed by atoms with Crippen LogP contribution >= 0.6 is 0 Å². The van der Waals surface area contributed by atoms with E-state index in [9.17, 15) is 0 Å². The summed E-state index contributed by atoms with van der Waals surface area (Å²) in [4.78, 5) is 0. The van der Waals surface area contributed by atoms with Crippen LogP contribution in [0.4, 0.5) is 0 Å². The van der Waals surface area contributed by atoms with E-state index < -0.39 is 0 Å². The highest BCUT2D eigenvalue weighted by Gasteiger charge is 2.16. The molecule has 1 aromatic carbocycles. The Kier molecular flexibility index (Phi) is 6.01. The number of hydrogen-bond acceptors (Lipinski definition) is 3. The van der Waals surface area contributed by atoms with E-state index in [1.165, 1.54) is 5.56 Å². The van der Waals surface area contributed by atoms with Crippen molar-refractivity contribution < 1.29 is 14.2 Å². The molecule has 0 radical (unpaired) electrons. The Morgan fingerprint density at radius 3 is 2.18 bits per heavy atom. The van der Waals surface area contributed by atoms with Crippen LogP contribution in [0.25, 0.3) is 0 Å². The van der Waals surface area contributed by atoms with Gasteiger partial charge < -0.3 is 14.2 Å². The van der Waals surface area contributed by atoms with E-state index in [1.54, 1.807) is 7.11 Å². The zero-order chi connectivity index (χ0) is 12.7. The molecule has 0 aliphatic carbocycles. The van der Waals surface area contributed by atoms with Crippen LogP contribution in [-0.4, -0.2) is 20.3 Å². The predicted octanol–water partition coefficient (Wildman–Crippen LogP) is 3.33. The highest BCUT2D eigenvalue weighted by molar-refractivity contribution is 5.38. The molecule has 1 aromatic rings. The van der Waals surface area contributed by atoms with Crippen molar-refractivity contribution >= 4 is 0 Å². The van der Waals surface area contributed by atoms with Gasteiger partial charge in [-0.2, -0.15) is 0 Å². The van der Waals surface area contributed by atoms with Crippen molar-refractivity contribution in [3.63, 3.8) is 0 Å². The van der Waals surface area contributed by atoms with Gasteiger partial charge >= 0.3 is 0 Å². The lowest BCUT2D eigenvalue weighted by atomic mass is 10.1. The molecular weight excluding hydrogens is 216 g/mol. The number of aryl methyl sites for hydroxylation is 1. The second-order valence-electron chi connectivity index (χ2n) is 3.67. The summed E-state index contributed by atoms with van der Waals surface area (Å²) < 4.78 is 16.6. The van der Waals surface area contributed by atoms with Gasteiger partial charge in [-0.1, -0.05) is 13.0 Å². The van der Waals surface area contributed by atoms with Gasteiger partial charge in [0.15, 0.2) is 6.29 Å². The fraction of sp³-hybridized carbons (Fsp3) is 0.571. The molecule has 0 fully saturated rings. The molecule has 0 N–H and O–H groups in total. The molecule has 96 valence electrons. The van der Waals surface area contributed by atoms with Crippen LogP contribution in [0.2, 0.25) is 0 Å². The highest BCUT2D eigenvalue weighted by Crippen LogP contribution is 2.29. The Labute approximate surface area is 104 Å². The zero-order valence-electron chi connectivity index (χ0n) is 11.2. The first-order chi connectivity index (χ1) is 8.26. The van der Waals surface area contributed by atoms with Gasteiger partial charge in [-0.25, -0.2) is 0 Å². The standard InChI is InChI=1S/C14H22O3/c1-5-11-8-9-13(15-4)12(10-11)14(16-6-2)17-7-3/h8-10,14H,5-7H2,1-4H3. The van der Waals surface area contributed by atoms with Crippen molar-refractivity contribution in [1.82, 2.24) is 0 Å². The smallest absolute Gasteiger partial charge is 0.187 e. The molecular formula is C14H22O3. The summed E-state index contributed by atoms with van der Waals surface area (Å²) in [6.07, 6.45) is 0.647. The SMILES string of the molecule is CCOC(OCC)c1cc(CC)ccc1OC. The topological polar surface area (TPSA) is 27.7 Å². The summed E-state index contributed by atoms with van der Waals surface area (Å²) in [5, 5.41) is 0. The Morgan fingerprint density at radius 1 is 1.06 bits per heavy atom. The van der Waals surface area contributed by atoms with Crippen LogP contribution < -0.4 is 4.74 Å². The van der Waals surface area contributed by atoms with Crippen molar-refractivity contribution in [2.75, 3.05) is 20.3 Å². The van der Waals surface area contributed by atoms with Crippen molar-refractivity contribution in [3.8, 4) is 5.75 Å². The summed E-state index contributed by atoms with van der Waals surface area (Å²) in [7, 11) is 1.67. The molecule has 0 atom stereocenters. The summed E-state index contributed by atoms with van der Waals surface area (Å²) >= 11 is 0. The Hall–Kier alpha value is -1.06. The molecule has 0 saturated carbocycles. The third-order valence-corrected chi connectivity index (χ3v) is 2.59. The van der Waals surface area contributed by atoms with Crippen molar-refractivity contribution in [2.24, 2.45) is 0 Å². The highest BCUT2D eigenvalue weighted by atomic mass is 16.7. The zero-order valence-corrected chi connectivity index (χ0v) is 11.2. The lowest BCUT2D eigenvalue weighted by Crippen LogP contribution is -2.10. The summed E-state index contributed by atoms with van der Waals surface area (Å²) in [5.74, 6) is 0.814. The third kappa shape index (κ3) is 3.72. The molecule has 0 saturated heterocycles. The molecule has 0 aliphatic heterocycles. The number of methoxy groups -OCH3 is 1. The quantitative estimate of drug-likeness (QED) is 0.682. The second kappa shape index (κ2) is 7.30. The maximum Gasteiger partial charge on any atom is 0.187 e. The van der Waals surface area contributed by atoms with Gasteiger partial charge in [0.05, 0.1) is 7.11 Å². The van der Waals surface area contributed by atoms with Gasteiger partial charge in [0.2, 0.25) is 0 Å². The van der Waals surface area contributed by atoms with Gasteiger partial charge in [-0.3, -0.25) is 0 Å². The monoisotopic (exact) mass is 238 g/mol. The average Bonchev–Trinajstić information content (AvgIpc) is 2.37. The lowest BCUT2D eigenvalue weighted by Gasteiger charge is -2.20. The molecule has 0 aliphatic rings. The van der Waals surface area contributed by atoms with Gasteiger partial charge in [0.25, 0.3) is 0 Å². The van der Waals surface area contributed by atoms with Crippen LogP contribution in [0.3, 0.4) is 0 Å². The predicted molar refractivity (Wildman–Crippen MR) is 68.4 cm³/mol. The fourth-order valence-electron chi connectivity index (χ4n) is 1.72. The second-order valence-corrected chi connectivity index (χ2v) is 3.67. The lowest BCUT2D eigenvalue weighted by molar-refractivity contribution is -0.141. The van der Waals surface area contributed by atoms with Crippen LogP contribution in [0.15, 0.2) is 18.2 Å². The van der Waals surface area contributed by atoms with Gasteiger partial charge in [-0.05, 0) is 38.0 Å². The third-order valence-electron chi connectivity index (χ3n) is 2.59. The minimum absolute atomic E-state index is 0.341. The maximum absolute atomic E-state index is 5.61. The first kappa shape index (κ1) is 14.0. The number of ether oxygens (including phenoxy) is 3. The van der Waals surface area contributed by atoms with Crippen molar-refractivity contribution in [2.45, 2.75) is 33.5 Å². The molecule has 0 heterocycles. The van der Waals surface area contributed by atoms with Crippen LogP contribution in [0.1, 0.15) is 38.2 Å². The summed E-state index contributed by atoms with van der Waals surface area (Å²) in [6.45, 7) is 7.28. The summed E-state index contributed by atoms with van der Waals surface area (Å²) in [6, 6.07) is 6.13. The van der Waals surface area contributed by atoms with Crippen LogP contribution in [0, 0.1) is 0 Å². The van der Waals surface area contributed by atoms with Gasteiger partial charge in [0.1, 0.15) is 5.75 Å². The molecule has 0 aromatic heterocycles. The normalized spacial score (nSPS) is 10.9. The van der Waals surface area contributed by atoms with Crippen LogP contribution in [0.5, 0.6) is 5.75 Å². The Morgan fingerprint density at radius 2 is 1.71 bits per heavy atom. The van der Waals surface area contributed by atoms with E-state index in [0.29, 0.717) is 13.2 Å². The molecule has 3 heteroatoms.